The molecule has 2 fully saturated rings. The molecule has 158 valence electrons. The molecule has 2 aromatic rings. The third-order valence-electron chi connectivity index (χ3n) is 7.50. The molecule has 0 aromatic heterocycles. The highest BCUT2D eigenvalue weighted by Gasteiger charge is 2.34. The topological polar surface area (TPSA) is 30.8 Å². The van der Waals surface area contributed by atoms with E-state index in [0.717, 1.165) is 23.1 Å². The van der Waals surface area contributed by atoms with Crippen LogP contribution >= 0.6 is 0 Å². The van der Waals surface area contributed by atoms with Crippen molar-refractivity contribution < 1.29 is 9.47 Å². The number of fused-ring (bicyclic) bond motifs is 3. The Morgan fingerprint density at radius 2 is 1.43 bits per heavy atom. The summed E-state index contributed by atoms with van der Waals surface area (Å²) in [5.74, 6) is 2.85. The van der Waals surface area contributed by atoms with Crippen LogP contribution in [0.3, 0.4) is 0 Å². The Balaban J connectivity index is 1.55. The molecule has 0 saturated heterocycles. The summed E-state index contributed by atoms with van der Waals surface area (Å²) in [5, 5.41) is 0. The summed E-state index contributed by atoms with van der Waals surface area (Å²) < 4.78 is 11.3. The summed E-state index contributed by atoms with van der Waals surface area (Å²) in [6, 6.07) is 14.0. The van der Waals surface area contributed by atoms with Gasteiger partial charge in [-0.15, -0.1) is 0 Å². The first-order valence-electron chi connectivity index (χ1n) is 11.7. The van der Waals surface area contributed by atoms with E-state index < -0.39 is 0 Å². The van der Waals surface area contributed by atoms with Gasteiger partial charge in [0.25, 0.3) is 0 Å². The molecule has 2 aromatic carbocycles. The molecular weight excluding hydrogens is 370 g/mol. The van der Waals surface area contributed by atoms with Crippen molar-refractivity contribution in [2.24, 2.45) is 4.99 Å². The van der Waals surface area contributed by atoms with Gasteiger partial charge in [-0.1, -0.05) is 56.4 Å². The SMILES string of the molecule is COc1cc2c(cc1OC)C1CCCCC1N=C2c1ccc(C2CCCCC2)cc1. The van der Waals surface area contributed by atoms with Crippen molar-refractivity contribution in [1.29, 1.82) is 0 Å². The largest absolute Gasteiger partial charge is 0.493 e. The number of methoxy groups -OCH3 is 2. The second-order valence-electron chi connectivity index (χ2n) is 9.19. The fourth-order valence-corrected chi connectivity index (χ4v) is 5.85. The highest BCUT2D eigenvalue weighted by molar-refractivity contribution is 6.15. The first kappa shape index (κ1) is 19.7. The van der Waals surface area contributed by atoms with Crippen LogP contribution in [0, 0.1) is 0 Å². The van der Waals surface area contributed by atoms with Crippen LogP contribution in [0.1, 0.15) is 91.9 Å². The average molecular weight is 404 g/mol. The summed E-state index contributed by atoms with van der Waals surface area (Å²) in [4.78, 5) is 5.31. The van der Waals surface area contributed by atoms with Gasteiger partial charge in [0.15, 0.2) is 11.5 Å². The summed E-state index contributed by atoms with van der Waals surface area (Å²) in [6.45, 7) is 0. The van der Waals surface area contributed by atoms with Crippen LogP contribution < -0.4 is 9.47 Å². The van der Waals surface area contributed by atoms with Crippen LogP contribution in [0.4, 0.5) is 0 Å². The fraction of sp³-hybridized carbons (Fsp3) is 0.519. The van der Waals surface area contributed by atoms with Crippen molar-refractivity contribution in [2.75, 3.05) is 14.2 Å². The second-order valence-corrected chi connectivity index (χ2v) is 9.19. The molecule has 3 nitrogen and oxygen atoms in total. The second kappa shape index (κ2) is 8.45. The summed E-state index contributed by atoms with van der Waals surface area (Å²) >= 11 is 0. The molecule has 0 bridgehead atoms. The lowest BCUT2D eigenvalue weighted by Crippen LogP contribution is -2.29. The van der Waals surface area contributed by atoms with E-state index in [-0.39, 0.29) is 0 Å². The van der Waals surface area contributed by atoms with E-state index in [2.05, 4.69) is 36.4 Å². The Hall–Kier alpha value is -2.29. The van der Waals surface area contributed by atoms with Gasteiger partial charge in [0.1, 0.15) is 0 Å². The van der Waals surface area contributed by atoms with Gasteiger partial charge in [-0.25, -0.2) is 0 Å². The van der Waals surface area contributed by atoms with Crippen molar-refractivity contribution in [3.63, 3.8) is 0 Å². The quantitative estimate of drug-likeness (QED) is 0.574. The number of hydrogen-bond acceptors (Lipinski definition) is 3. The molecule has 30 heavy (non-hydrogen) atoms. The van der Waals surface area contributed by atoms with Gasteiger partial charge < -0.3 is 9.47 Å². The van der Waals surface area contributed by atoms with Gasteiger partial charge in [-0.2, -0.15) is 0 Å². The minimum absolute atomic E-state index is 0.386. The van der Waals surface area contributed by atoms with Crippen LogP contribution in [0.2, 0.25) is 0 Å². The summed E-state index contributed by atoms with van der Waals surface area (Å²) in [5.41, 5.74) is 6.47. The van der Waals surface area contributed by atoms with E-state index in [1.165, 1.54) is 80.0 Å². The van der Waals surface area contributed by atoms with Gasteiger partial charge in [-0.05, 0) is 54.9 Å². The van der Waals surface area contributed by atoms with Crippen molar-refractivity contribution in [2.45, 2.75) is 75.7 Å². The average Bonchev–Trinajstić information content (AvgIpc) is 2.83. The van der Waals surface area contributed by atoms with Gasteiger partial charge >= 0.3 is 0 Å². The molecule has 0 radical (unpaired) electrons. The maximum Gasteiger partial charge on any atom is 0.161 e. The van der Waals surface area contributed by atoms with E-state index in [9.17, 15) is 0 Å². The highest BCUT2D eigenvalue weighted by atomic mass is 16.5. The number of aliphatic imine (C=N–C) groups is 1. The molecule has 1 heterocycles. The number of nitrogens with zero attached hydrogens (tertiary/aromatic N) is 1. The molecule has 0 N–H and O–H groups in total. The molecule has 2 aliphatic carbocycles. The smallest absolute Gasteiger partial charge is 0.161 e. The molecule has 0 amide bonds. The molecule has 1 aliphatic heterocycles. The van der Waals surface area contributed by atoms with Crippen LogP contribution in [0.5, 0.6) is 11.5 Å². The zero-order valence-corrected chi connectivity index (χ0v) is 18.3. The van der Waals surface area contributed by atoms with Crippen LogP contribution in [-0.2, 0) is 0 Å². The van der Waals surface area contributed by atoms with Gasteiger partial charge in [0.05, 0.1) is 26.0 Å². The van der Waals surface area contributed by atoms with Gasteiger partial charge in [0.2, 0.25) is 0 Å². The van der Waals surface area contributed by atoms with Crippen molar-refractivity contribution in [3.05, 3.63) is 58.7 Å². The Labute approximate surface area is 180 Å². The lowest BCUT2D eigenvalue weighted by atomic mass is 9.75. The van der Waals surface area contributed by atoms with Gasteiger partial charge in [-0.3, -0.25) is 4.99 Å². The predicted octanol–water partition coefficient (Wildman–Crippen LogP) is 6.63. The summed E-state index contributed by atoms with van der Waals surface area (Å²) in [7, 11) is 3.44. The highest BCUT2D eigenvalue weighted by Crippen LogP contribution is 2.45. The third kappa shape index (κ3) is 3.53. The maximum atomic E-state index is 5.64. The van der Waals surface area contributed by atoms with Crippen molar-refractivity contribution >= 4 is 5.71 Å². The lowest BCUT2D eigenvalue weighted by Gasteiger charge is -2.36. The van der Waals surface area contributed by atoms with Crippen LogP contribution in [-0.4, -0.2) is 26.0 Å². The van der Waals surface area contributed by atoms with E-state index in [0.29, 0.717) is 12.0 Å². The molecule has 3 heteroatoms. The normalized spacial score (nSPS) is 23.9. The number of benzene rings is 2. The van der Waals surface area contributed by atoms with E-state index in [1.807, 2.05) is 0 Å². The lowest BCUT2D eigenvalue weighted by molar-refractivity contribution is 0.349. The first-order chi connectivity index (χ1) is 14.8. The first-order valence-corrected chi connectivity index (χ1v) is 11.7. The fourth-order valence-electron chi connectivity index (χ4n) is 5.85. The number of hydrogen-bond donors (Lipinski definition) is 0. The van der Waals surface area contributed by atoms with Crippen LogP contribution in [0.25, 0.3) is 0 Å². The Bertz CT molecular complexity index is 925. The Kier molecular flexibility index (Phi) is 5.54. The van der Waals surface area contributed by atoms with Gasteiger partial charge in [0, 0.05) is 17.0 Å². The standard InChI is InChI=1S/C27H33NO2/c1-29-25-16-22-21-10-6-7-11-24(21)28-27(23(22)17-26(25)30-2)20-14-12-19(13-15-20)18-8-4-3-5-9-18/h12-18,21,24H,3-11H2,1-2H3. The molecular formula is C27H33NO2. The zero-order chi connectivity index (χ0) is 20.5. The zero-order valence-electron chi connectivity index (χ0n) is 18.3. The van der Waals surface area contributed by atoms with Crippen molar-refractivity contribution in [1.82, 2.24) is 0 Å². The number of rotatable bonds is 4. The molecule has 3 aliphatic rings. The summed E-state index contributed by atoms with van der Waals surface area (Å²) in [6.07, 6.45) is 11.8. The molecule has 2 atom stereocenters. The minimum Gasteiger partial charge on any atom is -0.493 e. The van der Waals surface area contributed by atoms with Crippen LogP contribution in [0.15, 0.2) is 41.4 Å². The third-order valence-corrected chi connectivity index (χ3v) is 7.50. The molecule has 2 saturated carbocycles. The predicted molar refractivity (Wildman–Crippen MR) is 122 cm³/mol. The van der Waals surface area contributed by atoms with E-state index in [1.54, 1.807) is 14.2 Å². The Morgan fingerprint density at radius 1 is 0.767 bits per heavy atom. The number of ether oxygens (including phenoxy) is 2. The molecule has 5 rings (SSSR count). The Morgan fingerprint density at radius 3 is 2.17 bits per heavy atom. The van der Waals surface area contributed by atoms with E-state index >= 15 is 0 Å². The van der Waals surface area contributed by atoms with Crippen molar-refractivity contribution in [3.8, 4) is 11.5 Å². The molecule has 2 unspecified atom stereocenters. The molecule has 0 spiro atoms. The minimum atomic E-state index is 0.386. The monoisotopic (exact) mass is 403 g/mol. The maximum absolute atomic E-state index is 5.64. The van der Waals surface area contributed by atoms with E-state index in [4.69, 9.17) is 14.5 Å².